The van der Waals surface area contributed by atoms with E-state index in [9.17, 15) is 4.79 Å². The predicted octanol–water partition coefficient (Wildman–Crippen LogP) is 1.73. The molecule has 0 spiro atoms. The lowest BCUT2D eigenvalue weighted by Gasteiger charge is -2.24. The summed E-state index contributed by atoms with van der Waals surface area (Å²) >= 11 is 0. The van der Waals surface area contributed by atoms with Gasteiger partial charge in [0.25, 0.3) is 0 Å². The van der Waals surface area contributed by atoms with Crippen LogP contribution in [0.1, 0.15) is 52.9 Å². The van der Waals surface area contributed by atoms with Crippen molar-refractivity contribution in [3.8, 4) is 0 Å². The van der Waals surface area contributed by atoms with E-state index in [1.54, 1.807) is 0 Å². The third kappa shape index (κ3) is 9.42. The highest BCUT2D eigenvalue weighted by Gasteiger charge is 2.15. The Morgan fingerprint density at radius 1 is 1.17 bits per heavy atom. The van der Waals surface area contributed by atoms with Gasteiger partial charge in [0.15, 0.2) is 0 Å². The summed E-state index contributed by atoms with van der Waals surface area (Å²) in [6.07, 6.45) is 5.69. The number of hydrogen-bond acceptors (Lipinski definition) is 3. The van der Waals surface area contributed by atoms with Gasteiger partial charge in [-0.15, -0.1) is 0 Å². The molecule has 0 saturated heterocycles. The van der Waals surface area contributed by atoms with Crippen LogP contribution in [0, 0.1) is 5.41 Å². The van der Waals surface area contributed by atoms with Gasteiger partial charge in [0.1, 0.15) is 0 Å². The van der Waals surface area contributed by atoms with Gasteiger partial charge in [0, 0.05) is 0 Å². The number of amides is 1. The molecule has 0 heterocycles. The normalized spacial score (nSPS) is 12.1. The molecule has 0 saturated carbocycles. The fourth-order valence-corrected chi connectivity index (χ4v) is 1.91. The molecule has 0 bridgehead atoms. The highest BCUT2D eigenvalue weighted by molar-refractivity contribution is 5.75. The van der Waals surface area contributed by atoms with Crippen molar-refractivity contribution in [2.45, 2.75) is 52.9 Å². The molecule has 0 aliphatic carbocycles. The van der Waals surface area contributed by atoms with Gasteiger partial charge in [-0.1, -0.05) is 33.6 Å². The molecule has 4 nitrogen and oxygen atoms in total. The lowest BCUT2D eigenvalue weighted by atomic mass is 9.87. The van der Waals surface area contributed by atoms with Crippen molar-refractivity contribution in [2.24, 2.45) is 16.9 Å². The van der Waals surface area contributed by atoms with E-state index in [2.05, 4.69) is 25.7 Å². The first-order chi connectivity index (χ1) is 8.41. The number of rotatable bonds is 11. The van der Waals surface area contributed by atoms with Crippen molar-refractivity contribution in [1.29, 1.82) is 0 Å². The van der Waals surface area contributed by atoms with Gasteiger partial charge in [-0.2, -0.15) is 0 Å². The molecule has 0 fully saturated rings. The molecule has 0 aliphatic heterocycles. The van der Waals surface area contributed by atoms with E-state index < -0.39 is 0 Å². The zero-order chi connectivity index (χ0) is 14.0. The Balaban J connectivity index is 3.84. The maximum atomic E-state index is 11.0. The Labute approximate surface area is 112 Å². The summed E-state index contributed by atoms with van der Waals surface area (Å²) in [4.78, 5) is 13.1. The quantitative estimate of drug-likeness (QED) is 0.554. The summed E-state index contributed by atoms with van der Waals surface area (Å²) in [6, 6.07) is 0. The topological polar surface area (TPSA) is 72.3 Å². The SMILES string of the molecule is CCCCN(CCCCC(C)(C)CN)CC(N)=O. The van der Waals surface area contributed by atoms with E-state index in [0.29, 0.717) is 6.54 Å². The Bertz CT molecular complexity index is 229. The average molecular weight is 257 g/mol. The molecule has 0 unspecified atom stereocenters. The van der Waals surface area contributed by atoms with Crippen LogP contribution in [-0.4, -0.2) is 37.0 Å². The molecule has 0 aromatic heterocycles. The van der Waals surface area contributed by atoms with Crippen LogP contribution >= 0.6 is 0 Å². The van der Waals surface area contributed by atoms with Crippen molar-refractivity contribution < 1.29 is 4.79 Å². The largest absolute Gasteiger partial charge is 0.369 e. The van der Waals surface area contributed by atoms with Crippen LogP contribution in [-0.2, 0) is 4.79 Å². The van der Waals surface area contributed by atoms with Gasteiger partial charge in [-0.05, 0) is 44.3 Å². The fraction of sp³-hybridized carbons (Fsp3) is 0.929. The highest BCUT2D eigenvalue weighted by Crippen LogP contribution is 2.21. The molecule has 18 heavy (non-hydrogen) atoms. The number of nitrogens with zero attached hydrogens (tertiary/aromatic N) is 1. The lowest BCUT2D eigenvalue weighted by Crippen LogP contribution is -2.35. The molecular formula is C14H31N3O. The Hall–Kier alpha value is -0.610. The first-order valence-corrected chi connectivity index (χ1v) is 7.12. The van der Waals surface area contributed by atoms with Gasteiger partial charge < -0.3 is 11.5 Å². The summed E-state index contributed by atoms with van der Waals surface area (Å²) in [5.41, 5.74) is 11.2. The van der Waals surface area contributed by atoms with Crippen molar-refractivity contribution >= 4 is 5.91 Å². The highest BCUT2D eigenvalue weighted by atomic mass is 16.1. The second-order valence-corrected chi connectivity index (χ2v) is 5.92. The molecule has 108 valence electrons. The standard InChI is InChI=1S/C14H31N3O/c1-4-5-9-17(11-13(16)18)10-7-6-8-14(2,3)12-15/h4-12,15H2,1-3H3,(H2,16,18). The Morgan fingerprint density at radius 2 is 1.78 bits per heavy atom. The van der Waals surface area contributed by atoms with E-state index >= 15 is 0 Å². The number of carbonyl (C=O) groups is 1. The van der Waals surface area contributed by atoms with Gasteiger partial charge in [-0.3, -0.25) is 9.69 Å². The number of unbranched alkanes of at least 4 members (excludes halogenated alkanes) is 2. The zero-order valence-electron chi connectivity index (χ0n) is 12.4. The summed E-state index contributed by atoms with van der Waals surface area (Å²) in [5, 5.41) is 0. The van der Waals surface area contributed by atoms with E-state index in [1.807, 2.05) is 0 Å². The molecule has 0 atom stereocenters. The second-order valence-electron chi connectivity index (χ2n) is 5.92. The van der Waals surface area contributed by atoms with Crippen molar-refractivity contribution in [2.75, 3.05) is 26.2 Å². The molecule has 0 aromatic carbocycles. The van der Waals surface area contributed by atoms with Crippen molar-refractivity contribution in [3.05, 3.63) is 0 Å². The molecule has 4 N–H and O–H groups in total. The molecule has 0 aliphatic rings. The van der Waals surface area contributed by atoms with Gasteiger partial charge in [-0.25, -0.2) is 0 Å². The van der Waals surface area contributed by atoms with E-state index in [-0.39, 0.29) is 11.3 Å². The number of hydrogen-bond donors (Lipinski definition) is 2. The van der Waals surface area contributed by atoms with Crippen LogP contribution in [0.15, 0.2) is 0 Å². The molecule has 0 aromatic rings. The lowest BCUT2D eigenvalue weighted by molar-refractivity contribution is -0.119. The zero-order valence-corrected chi connectivity index (χ0v) is 12.4. The van der Waals surface area contributed by atoms with Gasteiger partial charge in [0.2, 0.25) is 5.91 Å². The molecular weight excluding hydrogens is 226 g/mol. The van der Waals surface area contributed by atoms with Crippen molar-refractivity contribution in [1.82, 2.24) is 4.90 Å². The minimum Gasteiger partial charge on any atom is -0.369 e. The van der Waals surface area contributed by atoms with Crippen LogP contribution in [0.25, 0.3) is 0 Å². The molecule has 4 heteroatoms. The Morgan fingerprint density at radius 3 is 2.28 bits per heavy atom. The third-order valence-corrected chi connectivity index (χ3v) is 3.34. The van der Waals surface area contributed by atoms with E-state index in [0.717, 1.165) is 51.7 Å². The van der Waals surface area contributed by atoms with Gasteiger partial charge >= 0.3 is 0 Å². The van der Waals surface area contributed by atoms with Crippen molar-refractivity contribution in [3.63, 3.8) is 0 Å². The second kappa shape index (κ2) is 9.34. The first-order valence-electron chi connectivity index (χ1n) is 7.12. The smallest absolute Gasteiger partial charge is 0.231 e. The molecule has 0 rings (SSSR count). The first kappa shape index (κ1) is 17.4. The third-order valence-electron chi connectivity index (χ3n) is 3.34. The van der Waals surface area contributed by atoms with E-state index in [4.69, 9.17) is 11.5 Å². The van der Waals surface area contributed by atoms with E-state index in [1.165, 1.54) is 0 Å². The van der Waals surface area contributed by atoms with Crippen LogP contribution in [0.3, 0.4) is 0 Å². The fourth-order valence-electron chi connectivity index (χ4n) is 1.91. The summed E-state index contributed by atoms with van der Waals surface area (Å²) in [5.74, 6) is -0.228. The summed E-state index contributed by atoms with van der Waals surface area (Å²) in [6.45, 7) is 9.61. The van der Waals surface area contributed by atoms with Crippen LogP contribution in [0.5, 0.6) is 0 Å². The summed E-state index contributed by atoms with van der Waals surface area (Å²) < 4.78 is 0. The predicted molar refractivity (Wildman–Crippen MR) is 77.2 cm³/mol. The number of nitrogens with two attached hydrogens (primary N) is 2. The van der Waals surface area contributed by atoms with Crippen LogP contribution in [0.4, 0.5) is 0 Å². The van der Waals surface area contributed by atoms with Crippen LogP contribution in [0.2, 0.25) is 0 Å². The maximum absolute atomic E-state index is 11.0. The maximum Gasteiger partial charge on any atom is 0.231 e. The molecule has 1 amide bonds. The minimum absolute atomic E-state index is 0.228. The summed E-state index contributed by atoms with van der Waals surface area (Å²) in [7, 11) is 0. The number of carbonyl (C=O) groups excluding carboxylic acids is 1. The average Bonchev–Trinajstić information content (AvgIpc) is 2.30. The minimum atomic E-state index is -0.228. The number of primary amides is 1. The monoisotopic (exact) mass is 257 g/mol. The van der Waals surface area contributed by atoms with Crippen LogP contribution < -0.4 is 11.5 Å². The Kier molecular flexibility index (Phi) is 9.02. The van der Waals surface area contributed by atoms with Gasteiger partial charge in [0.05, 0.1) is 6.54 Å². The molecule has 0 radical (unpaired) electrons.